The summed E-state index contributed by atoms with van der Waals surface area (Å²) in [5.74, 6) is 0.997. The van der Waals surface area contributed by atoms with Crippen LogP contribution in [-0.2, 0) is 0 Å². The molecule has 2 unspecified atom stereocenters. The lowest BCUT2D eigenvalue weighted by atomic mass is 10.0. The molecule has 1 fully saturated rings. The highest BCUT2D eigenvalue weighted by Gasteiger charge is 2.24. The van der Waals surface area contributed by atoms with Crippen molar-refractivity contribution in [1.29, 1.82) is 0 Å². The van der Waals surface area contributed by atoms with Crippen LogP contribution in [0.2, 0.25) is 0 Å². The maximum absolute atomic E-state index is 13.7. The molecule has 0 amide bonds. The van der Waals surface area contributed by atoms with E-state index < -0.39 is 0 Å². The molecule has 2 rings (SSSR count). The SMILES string of the molecule is Cc1ccc(C(CN)N2CCSC(C)C2)cc1F. The average molecular weight is 268 g/mol. The summed E-state index contributed by atoms with van der Waals surface area (Å²) in [7, 11) is 0. The maximum atomic E-state index is 13.7. The highest BCUT2D eigenvalue weighted by molar-refractivity contribution is 7.99. The number of halogens is 1. The Kier molecular flexibility index (Phi) is 4.65. The number of aryl methyl sites for hydroxylation is 1. The van der Waals surface area contributed by atoms with E-state index in [0.29, 0.717) is 17.4 Å². The van der Waals surface area contributed by atoms with Gasteiger partial charge in [0.05, 0.1) is 0 Å². The van der Waals surface area contributed by atoms with E-state index in [0.717, 1.165) is 24.4 Å². The molecule has 1 saturated heterocycles. The van der Waals surface area contributed by atoms with E-state index >= 15 is 0 Å². The third-order valence-electron chi connectivity index (χ3n) is 3.52. The summed E-state index contributed by atoms with van der Waals surface area (Å²) in [4.78, 5) is 2.38. The first-order valence-corrected chi connectivity index (χ1v) is 7.48. The Balaban J connectivity index is 2.18. The Morgan fingerprint density at radius 1 is 1.56 bits per heavy atom. The van der Waals surface area contributed by atoms with Gasteiger partial charge in [0, 0.05) is 36.7 Å². The molecule has 0 saturated carbocycles. The van der Waals surface area contributed by atoms with Crippen LogP contribution in [0.5, 0.6) is 0 Å². The lowest BCUT2D eigenvalue weighted by molar-refractivity contribution is 0.211. The Labute approximate surface area is 113 Å². The van der Waals surface area contributed by atoms with Crippen molar-refractivity contribution in [3.05, 3.63) is 35.1 Å². The fraction of sp³-hybridized carbons (Fsp3) is 0.571. The normalized spacial score (nSPS) is 23.0. The van der Waals surface area contributed by atoms with Crippen LogP contribution in [-0.4, -0.2) is 35.5 Å². The third-order valence-corrected chi connectivity index (χ3v) is 4.65. The maximum Gasteiger partial charge on any atom is 0.126 e. The molecular formula is C14H21FN2S. The third kappa shape index (κ3) is 3.05. The van der Waals surface area contributed by atoms with Crippen molar-refractivity contribution in [2.75, 3.05) is 25.4 Å². The molecule has 0 spiro atoms. The van der Waals surface area contributed by atoms with Crippen molar-refractivity contribution in [2.24, 2.45) is 5.73 Å². The fourth-order valence-corrected chi connectivity index (χ4v) is 3.48. The Hall–Kier alpha value is -0.580. The van der Waals surface area contributed by atoms with Gasteiger partial charge in [0.1, 0.15) is 5.82 Å². The highest BCUT2D eigenvalue weighted by Crippen LogP contribution is 2.27. The van der Waals surface area contributed by atoms with E-state index in [1.54, 1.807) is 13.0 Å². The molecule has 18 heavy (non-hydrogen) atoms. The molecule has 2 nitrogen and oxygen atoms in total. The largest absolute Gasteiger partial charge is 0.329 e. The van der Waals surface area contributed by atoms with Crippen LogP contribution in [0.25, 0.3) is 0 Å². The summed E-state index contributed by atoms with van der Waals surface area (Å²) in [5, 5.41) is 0.628. The number of hydrogen-bond acceptors (Lipinski definition) is 3. The second-order valence-corrected chi connectivity index (χ2v) is 6.48. The van der Waals surface area contributed by atoms with Crippen LogP contribution in [0.4, 0.5) is 4.39 Å². The molecule has 0 bridgehead atoms. The second-order valence-electron chi connectivity index (χ2n) is 4.94. The minimum Gasteiger partial charge on any atom is -0.329 e. The minimum atomic E-state index is -0.134. The number of rotatable bonds is 3. The van der Waals surface area contributed by atoms with Crippen molar-refractivity contribution in [3.63, 3.8) is 0 Å². The van der Waals surface area contributed by atoms with Crippen LogP contribution < -0.4 is 5.73 Å². The smallest absolute Gasteiger partial charge is 0.126 e. The summed E-state index contributed by atoms with van der Waals surface area (Å²) in [5.41, 5.74) is 7.59. The van der Waals surface area contributed by atoms with Gasteiger partial charge < -0.3 is 5.73 Å². The first-order valence-electron chi connectivity index (χ1n) is 6.43. The molecule has 0 aliphatic carbocycles. The molecule has 0 radical (unpaired) electrons. The van der Waals surface area contributed by atoms with E-state index in [2.05, 4.69) is 11.8 Å². The van der Waals surface area contributed by atoms with Gasteiger partial charge in [-0.2, -0.15) is 11.8 Å². The van der Waals surface area contributed by atoms with Crippen LogP contribution in [0.3, 0.4) is 0 Å². The van der Waals surface area contributed by atoms with Crippen molar-refractivity contribution in [1.82, 2.24) is 4.90 Å². The van der Waals surface area contributed by atoms with Gasteiger partial charge in [0.2, 0.25) is 0 Å². The minimum absolute atomic E-state index is 0.134. The molecule has 1 aliphatic heterocycles. The van der Waals surface area contributed by atoms with Gasteiger partial charge >= 0.3 is 0 Å². The molecule has 2 N–H and O–H groups in total. The predicted octanol–water partition coefficient (Wildman–Crippen LogP) is 2.57. The van der Waals surface area contributed by atoms with Gasteiger partial charge in [0.15, 0.2) is 0 Å². The zero-order valence-electron chi connectivity index (χ0n) is 11.0. The molecule has 100 valence electrons. The standard InChI is InChI=1S/C14H21FN2S/c1-10-3-4-12(7-13(10)15)14(8-16)17-5-6-18-11(2)9-17/h3-4,7,11,14H,5-6,8-9,16H2,1-2H3. The summed E-state index contributed by atoms with van der Waals surface area (Å²) in [6.45, 7) is 6.63. The zero-order chi connectivity index (χ0) is 13.1. The number of nitrogens with zero attached hydrogens (tertiary/aromatic N) is 1. The van der Waals surface area contributed by atoms with Crippen molar-refractivity contribution in [3.8, 4) is 0 Å². The zero-order valence-corrected chi connectivity index (χ0v) is 11.8. The Morgan fingerprint density at radius 2 is 2.33 bits per heavy atom. The number of hydrogen-bond donors (Lipinski definition) is 1. The second kappa shape index (κ2) is 6.04. The Bertz CT molecular complexity index is 411. The van der Waals surface area contributed by atoms with Crippen molar-refractivity contribution >= 4 is 11.8 Å². The molecule has 1 heterocycles. The van der Waals surface area contributed by atoms with Crippen molar-refractivity contribution in [2.45, 2.75) is 25.1 Å². The lowest BCUT2D eigenvalue weighted by Gasteiger charge is -2.36. The summed E-state index contributed by atoms with van der Waals surface area (Å²) < 4.78 is 13.7. The molecule has 2 atom stereocenters. The summed E-state index contributed by atoms with van der Waals surface area (Å²) in [6, 6.07) is 5.63. The lowest BCUT2D eigenvalue weighted by Crippen LogP contribution is -2.42. The highest BCUT2D eigenvalue weighted by atomic mass is 32.2. The Morgan fingerprint density at radius 3 is 2.94 bits per heavy atom. The van der Waals surface area contributed by atoms with Gasteiger partial charge in [-0.15, -0.1) is 0 Å². The molecule has 1 aromatic carbocycles. The van der Waals surface area contributed by atoms with Gasteiger partial charge in [-0.25, -0.2) is 4.39 Å². The van der Waals surface area contributed by atoms with Gasteiger partial charge in [-0.1, -0.05) is 19.1 Å². The van der Waals surface area contributed by atoms with Crippen LogP contribution >= 0.6 is 11.8 Å². The first kappa shape index (κ1) is 13.8. The van der Waals surface area contributed by atoms with Crippen LogP contribution in [0.15, 0.2) is 18.2 Å². The van der Waals surface area contributed by atoms with E-state index in [9.17, 15) is 4.39 Å². The molecule has 4 heteroatoms. The number of nitrogens with two attached hydrogens (primary N) is 1. The number of benzene rings is 1. The molecular weight excluding hydrogens is 247 g/mol. The van der Waals surface area contributed by atoms with Gasteiger partial charge in [-0.05, 0) is 24.1 Å². The summed E-state index contributed by atoms with van der Waals surface area (Å²) >= 11 is 1.99. The first-order chi connectivity index (χ1) is 8.61. The van der Waals surface area contributed by atoms with E-state index in [4.69, 9.17) is 5.73 Å². The van der Waals surface area contributed by atoms with Gasteiger partial charge in [-0.3, -0.25) is 4.90 Å². The molecule has 0 aromatic heterocycles. The van der Waals surface area contributed by atoms with E-state index in [1.807, 2.05) is 23.9 Å². The quantitative estimate of drug-likeness (QED) is 0.913. The van der Waals surface area contributed by atoms with Crippen LogP contribution in [0.1, 0.15) is 24.1 Å². The van der Waals surface area contributed by atoms with Crippen LogP contribution in [0, 0.1) is 12.7 Å². The molecule has 1 aromatic rings. The fourth-order valence-electron chi connectivity index (χ4n) is 2.44. The average Bonchev–Trinajstić information content (AvgIpc) is 2.35. The van der Waals surface area contributed by atoms with E-state index in [1.165, 1.54) is 0 Å². The molecule has 1 aliphatic rings. The predicted molar refractivity (Wildman–Crippen MR) is 76.4 cm³/mol. The van der Waals surface area contributed by atoms with E-state index in [-0.39, 0.29) is 11.9 Å². The topological polar surface area (TPSA) is 29.3 Å². The summed E-state index contributed by atoms with van der Waals surface area (Å²) in [6.07, 6.45) is 0. The number of thioether (sulfide) groups is 1. The van der Waals surface area contributed by atoms with Crippen molar-refractivity contribution < 1.29 is 4.39 Å². The monoisotopic (exact) mass is 268 g/mol. The van der Waals surface area contributed by atoms with Gasteiger partial charge in [0.25, 0.3) is 0 Å².